The summed E-state index contributed by atoms with van der Waals surface area (Å²) < 4.78 is 24.8. The third-order valence-corrected chi connectivity index (χ3v) is 2.32. The minimum absolute atomic E-state index is 0.226. The van der Waals surface area contributed by atoms with Gasteiger partial charge in [-0.3, -0.25) is 10.1 Å². The molecular formula is C7H9F2N3OS. The molecule has 0 spiro atoms. The average Bonchev–Trinajstić information content (AvgIpc) is 2.56. The fourth-order valence-corrected chi connectivity index (χ4v) is 1.02. The highest BCUT2D eigenvalue weighted by Gasteiger charge is 2.38. The van der Waals surface area contributed by atoms with Gasteiger partial charge in [-0.1, -0.05) is 11.3 Å². The molecule has 0 aliphatic heterocycles. The molecule has 0 fully saturated rings. The SMILES string of the molecule is CC(C)(C(=O)Nc1nncs1)C(F)F. The topological polar surface area (TPSA) is 54.9 Å². The summed E-state index contributed by atoms with van der Waals surface area (Å²) >= 11 is 1.08. The second kappa shape index (κ2) is 3.95. The Morgan fingerprint density at radius 1 is 1.64 bits per heavy atom. The second-order valence-corrected chi connectivity index (χ2v) is 4.05. The van der Waals surface area contributed by atoms with Crippen molar-refractivity contribution in [2.24, 2.45) is 5.41 Å². The summed E-state index contributed by atoms with van der Waals surface area (Å²) in [6.45, 7) is 2.35. The molecule has 7 heteroatoms. The maximum absolute atomic E-state index is 12.4. The van der Waals surface area contributed by atoms with Crippen molar-refractivity contribution in [2.75, 3.05) is 5.32 Å². The molecule has 0 unspecified atom stereocenters. The average molecular weight is 221 g/mol. The highest BCUT2D eigenvalue weighted by atomic mass is 32.1. The molecule has 1 heterocycles. The summed E-state index contributed by atoms with van der Waals surface area (Å²) in [6, 6.07) is 0. The van der Waals surface area contributed by atoms with Crippen LogP contribution in [0.1, 0.15) is 13.8 Å². The summed E-state index contributed by atoms with van der Waals surface area (Å²) in [5.41, 5.74) is -0.309. The van der Waals surface area contributed by atoms with Gasteiger partial charge in [0.05, 0.1) is 0 Å². The van der Waals surface area contributed by atoms with Gasteiger partial charge in [0, 0.05) is 0 Å². The van der Waals surface area contributed by atoms with E-state index >= 15 is 0 Å². The number of alkyl halides is 2. The predicted octanol–water partition coefficient (Wildman–Crippen LogP) is 1.77. The van der Waals surface area contributed by atoms with Crippen LogP contribution in [0.5, 0.6) is 0 Å². The number of hydrogen-bond acceptors (Lipinski definition) is 4. The molecule has 0 saturated heterocycles. The number of anilines is 1. The number of amides is 1. The van der Waals surface area contributed by atoms with Crippen molar-refractivity contribution >= 4 is 22.4 Å². The largest absolute Gasteiger partial charge is 0.300 e. The normalized spacial score (nSPS) is 11.8. The Morgan fingerprint density at radius 2 is 2.29 bits per heavy atom. The fraction of sp³-hybridized carbons (Fsp3) is 0.571. The fourth-order valence-electron chi connectivity index (χ4n) is 0.585. The number of hydrogen-bond donors (Lipinski definition) is 1. The lowest BCUT2D eigenvalue weighted by molar-refractivity contribution is -0.131. The van der Waals surface area contributed by atoms with Crippen LogP contribution in [0.15, 0.2) is 5.51 Å². The van der Waals surface area contributed by atoms with Crippen molar-refractivity contribution in [1.82, 2.24) is 10.2 Å². The van der Waals surface area contributed by atoms with Gasteiger partial charge in [-0.05, 0) is 13.8 Å². The number of nitrogens with one attached hydrogen (secondary N) is 1. The highest BCUT2D eigenvalue weighted by Crippen LogP contribution is 2.26. The number of nitrogens with zero attached hydrogens (tertiary/aromatic N) is 2. The number of carbonyl (C=O) groups excluding carboxylic acids is 1. The minimum atomic E-state index is -2.71. The van der Waals surface area contributed by atoms with Gasteiger partial charge in [-0.2, -0.15) is 0 Å². The molecule has 1 aromatic heterocycles. The smallest absolute Gasteiger partial charge is 0.252 e. The van der Waals surface area contributed by atoms with Crippen LogP contribution in [0.25, 0.3) is 0 Å². The van der Waals surface area contributed by atoms with Crippen molar-refractivity contribution in [1.29, 1.82) is 0 Å². The zero-order chi connectivity index (χ0) is 10.8. The lowest BCUT2D eigenvalue weighted by Gasteiger charge is -2.21. The molecule has 78 valence electrons. The first-order chi connectivity index (χ1) is 6.44. The summed E-state index contributed by atoms with van der Waals surface area (Å²) in [5.74, 6) is -0.760. The Morgan fingerprint density at radius 3 is 2.71 bits per heavy atom. The molecule has 0 aliphatic rings. The molecule has 0 radical (unpaired) electrons. The van der Waals surface area contributed by atoms with E-state index in [2.05, 4.69) is 15.5 Å². The standard InChI is InChI=1S/C7H9F2N3OS/c1-7(2,4(8)9)5(13)11-6-12-10-3-14-6/h3-4H,1-2H3,(H,11,12,13). The van der Waals surface area contributed by atoms with Crippen LogP contribution in [0.2, 0.25) is 0 Å². The van der Waals surface area contributed by atoms with Crippen LogP contribution < -0.4 is 5.32 Å². The Labute approximate surface area is 83.3 Å². The molecule has 1 rings (SSSR count). The second-order valence-electron chi connectivity index (χ2n) is 3.22. The summed E-state index contributed by atoms with van der Waals surface area (Å²) in [7, 11) is 0. The van der Waals surface area contributed by atoms with Crippen molar-refractivity contribution in [3.8, 4) is 0 Å². The minimum Gasteiger partial charge on any atom is -0.300 e. The Balaban J connectivity index is 2.67. The molecule has 0 saturated carbocycles. The van der Waals surface area contributed by atoms with E-state index in [-0.39, 0.29) is 5.13 Å². The number of aromatic nitrogens is 2. The first kappa shape index (κ1) is 11.0. The van der Waals surface area contributed by atoms with Gasteiger partial charge in [0.25, 0.3) is 6.43 Å². The Hall–Kier alpha value is -1.11. The first-order valence-corrected chi connectivity index (χ1v) is 4.68. The Kier molecular flexibility index (Phi) is 3.10. The summed E-state index contributed by atoms with van der Waals surface area (Å²) in [4.78, 5) is 11.3. The summed E-state index contributed by atoms with van der Waals surface area (Å²) in [5, 5.41) is 9.48. The van der Waals surface area contributed by atoms with Crippen LogP contribution in [-0.2, 0) is 4.79 Å². The molecule has 0 aromatic carbocycles. The van der Waals surface area contributed by atoms with Crippen LogP contribution in [0.3, 0.4) is 0 Å². The van der Waals surface area contributed by atoms with Gasteiger partial charge in [0.2, 0.25) is 11.0 Å². The third-order valence-electron chi connectivity index (χ3n) is 1.71. The summed E-state index contributed by atoms with van der Waals surface area (Å²) in [6.07, 6.45) is -2.71. The predicted molar refractivity (Wildman–Crippen MR) is 48.3 cm³/mol. The van der Waals surface area contributed by atoms with E-state index in [1.807, 2.05) is 0 Å². The van der Waals surface area contributed by atoms with E-state index in [1.165, 1.54) is 19.4 Å². The first-order valence-electron chi connectivity index (χ1n) is 3.80. The molecule has 1 aromatic rings. The molecule has 0 atom stereocenters. The number of halogens is 2. The van der Waals surface area contributed by atoms with E-state index in [4.69, 9.17) is 0 Å². The van der Waals surface area contributed by atoms with E-state index in [0.29, 0.717) is 0 Å². The van der Waals surface area contributed by atoms with Crippen LogP contribution in [0, 0.1) is 5.41 Å². The highest BCUT2D eigenvalue weighted by molar-refractivity contribution is 7.13. The van der Waals surface area contributed by atoms with Crippen molar-refractivity contribution in [3.05, 3.63) is 5.51 Å². The van der Waals surface area contributed by atoms with E-state index in [0.717, 1.165) is 11.3 Å². The van der Waals surface area contributed by atoms with Crippen LogP contribution in [-0.4, -0.2) is 22.5 Å². The van der Waals surface area contributed by atoms with Crippen LogP contribution >= 0.6 is 11.3 Å². The van der Waals surface area contributed by atoms with E-state index in [9.17, 15) is 13.6 Å². The van der Waals surface area contributed by atoms with Crippen molar-refractivity contribution in [3.63, 3.8) is 0 Å². The number of carbonyl (C=O) groups is 1. The zero-order valence-corrected chi connectivity index (χ0v) is 8.44. The van der Waals surface area contributed by atoms with Crippen molar-refractivity contribution < 1.29 is 13.6 Å². The lowest BCUT2D eigenvalue weighted by Crippen LogP contribution is -2.36. The lowest BCUT2D eigenvalue weighted by atomic mass is 9.93. The van der Waals surface area contributed by atoms with Crippen molar-refractivity contribution in [2.45, 2.75) is 20.3 Å². The van der Waals surface area contributed by atoms with Crippen LogP contribution in [0.4, 0.5) is 13.9 Å². The maximum Gasteiger partial charge on any atom is 0.252 e. The quantitative estimate of drug-likeness (QED) is 0.846. The molecule has 1 N–H and O–H groups in total. The maximum atomic E-state index is 12.4. The molecule has 0 aliphatic carbocycles. The van der Waals surface area contributed by atoms with E-state index in [1.54, 1.807) is 0 Å². The zero-order valence-electron chi connectivity index (χ0n) is 7.62. The molecule has 14 heavy (non-hydrogen) atoms. The number of rotatable bonds is 3. The molecule has 0 bridgehead atoms. The molecule has 1 amide bonds. The van der Waals surface area contributed by atoms with Gasteiger partial charge >= 0.3 is 0 Å². The molecular weight excluding hydrogens is 212 g/mol. The monoisotopic (exact) mass is 221 g/mol. The third kappa shape index (κ3) is 2.22. The van der Waals surface area contributed by atoms with Gasteiger partial charge in [-0.25, -0.2) is 8.78 Å². The van der Waals surface area contributed by atoms with Gasteiger partial charge < -0.3 is 0 Å². The Bertz CT molecular complexity index is 313. The van der Waals surface area contributed by atoms with E-state index < -0.39 is 17.7 Å². The molecule has 4 nitrogen and oxygen atoms in total. The van der Waals surface area contributed by atoms with Gasteiger partial charge in [-0.15, -0.1) is 10.2 Å². The van der Waals surface area contributed by atoms with Gasteiger partial charge in [0.1, 0.15) is 10.9 Å². The van der Waals surface area contributed by atoms with Gasteiger partial charge in [0.15, 0.2) is 0 Å².